The first-order valence-electron chi connectivity index (χ1n) is 7.49. The van der Waals surface area contributed by atoms with Gasteiger partial charge in [0.15, 0.2) is 0 Å². The Morgan fingerprint density at radius 2 is 0.862 bits per heavy atom. The lowest BCUT2D eigenvalue weighted by molar-refractivity contribution is -0.440. The Labute approximate surface area is 151 Å². The molecule has 0 amide bonds. The van der Waals surface area contributed by atoms with E-state index in [-0.39, 0.29) is 0 Å². The largest absolute Gasteiger partial charge is 0.460 e. The fraction of sp³-hybridized carbons (Fsp3) is 1.00. The van der Waals surface area contributed by atoms with Gasteiger partial charge in [-0.3, -0.25) is 0 Å². The van der Waals surface area contributed by atoms with Gasteiger partial charge in [0.1, 0.15) is 0 Å². The van der Waals surface area contributed by atoms with E-state index in [1.807, 2.05) is 0 Å². The highest BCUT2D eigenvalue weighted by molar-refractivity contribution is 5.17. The van der Waals surface area contributed by atoms with Gasteiger partial charge in [0.25, 0.3) is 0 Å². The maximum absolute atomic E-state index is 14.7. The molecular weight excluding hydrogens is 460 g/mol. The second-order valence-electron chi connectivity index (χ2n) is 6.45. The summed E-state index contributed by atoms with van der Waals surface area (Å²) in [6.07, 6.45) is -23.1. The summed E-state index contributed by atoms with van der Waals surface area (Å²) in [5, 5.41) is 0. The molecule has 0 aromatic carbocycles. The lowest BCUT2D eigenvalue weighted by Gasteiger charge is -2.46. The molecule has 174 valence electrons. The van der Waals surface area contributed by atoms with Crippen molar-refractivity contribution in [2.75, 3.05) is 0 Å². The van der Waals surface area contributed by atoms with Gasteiger partial charge in [0, 0.05) is 5.92 Å². The Balaban J connectivity index is 3.71. The average Bonchev–Trinajstić information content (AvgIpc) is 3.05. The molecule has 0 radical (unpaired) electrons. The van der Waals surface area contributed by atoms with Crippen LogP contribution in [-0.2, 0) is 0 Å². The van der Waals surface area contributed by atoms with Crippen LogP contribution in [0.1, 0.15) is 25.7 Å². The summed E-state index contributed by atoms with van der Waals surface area (Å²) in [6, 6.07) is 0. The van der Waals surface area contributed by atoms with Crippen LogP contribution < -0.4 is 0 Å². The van der Waals surface area contributed by atoms with Crippen molar-refractivity contribution in [2.24, 2.45) is 5.92 Å². The van der Waals surface area contributed by atoms with Crippen LogP contribution in [0.25, 0.3) is 0 Å². The highest BCUT2D eigenvalue weighted by Crippen LogP contribution is 2.63. The smallest absolute Gasteiger partial charge is 0.234 e. The summed E-state index contributed by atoms with van der Waals surface area (Å²) in [5.74, 6) is -34.8. The Hall–Kier alpha value is -1.12. The first-order chi connectivity index (χ1) is 12.5. The minimum atomic E-state index is -8.14. The Morgan fingerprint density at radius 1 is 0.517 bits per heavy atom. The molecule has 0 nitrogen and oxygen atoms in total. The molecule has 0 saturated heterocycles. The highest BCUT2D eigenvalue weighted by atomic mass is 19.4. The minimum Gasteiger partial charge on any atom is -0.234 e. The molecule has 1 aliphatic rings. The van der Waals surface area contributed by atoms with Crippen LogP contribution in [0, 0.1) is 5.92 Å². The zero-order chi connectivity index (χ0) is 23.5. The van der Waals surface area contributed by atoms with Crippen molar-refractivity contribution in [1.82, 2.24) is 0 Å². The molecule has 0 N–H and O–H groups in total. The number of alkyl halides is 16. The van der Waals surface area contributed by atoms with Crippen molar-refractivity contribution in [3.63, 3.8) is 0 Å². The maximum Gasteiger partial charge on any atom is 0.460 e. The first kappa shape index (κ1) is 25.9. The van der Waals surface area contributed by atoms with Gasteiger partial charge >= 0.3 is 36.0 Å². The van der Waals surface area contributed by atoms with Crippen LogP contribution in [-0.4, -0.2) is 47.9 Å². The highest BCUT2D eigenvalue weighted by Gasteiger charge is 2.92. The van der Waals surface area contributed by atoms with Crippen LogP contribution in [0.4, 0.5) is 70.2 Å². The van der Waals surface area contributed by atoms with Gasteiger partial charge < -0.3 is 0 Å². The summed E-state index contributed by atoms with van der Waals surface area (Å²) in [6.45, 7) is 0. The van der Waals surface area contributed by atoms with Gasteiger partial charge in [0.2, 0.25) is 11.8 Å². The Kier molecular flexibility index (Phi) is 6.21. The molecule has 0 heterocycles. The maximum atomic E-state index is 14.7. The lowest BCUT2D eigenvalue weighted by Crippen LogP contribution is -2.74. The lowest BCUT2D eigenvalue weighted by atomic mass is 9.74. The van der Waals surface area contributed by atoms with E-state index in [0.29, 0.717) is 0 Å². The number of rotatable bonds is 6. The van der Waals surface area contributed by atoms with Gasteiger partial charge in [-0.05, 0) is 12.8 Å². The van der Waals surface area contributed by atoms with Gasteiger partial charge in [-0.25, -0.2) is 8.78 Å². The molecule has 0 spiro atoms. The monoisotopic (exact) mass is 470 g/mol. The van der Waals surface area contributed by atoms with Crippen molar-refractivity contribution < 1.29 is 70.2 Å². The molecule has 1 fully saturated rings. The summed E-state index contributed by atoms with van der Waals surface area (Å²) in [5.41, 5.74) is -6.25. The minimum absolute atomic E-state index is 0.447. The van der Waals surface area contributed by atoms with E-state index >= 15 is 0 Å². The van der Waals surface area contributed by atoms with E-state index in [2.05, 4.69) is 0 Å². The topological polar surface area (TPSA) is 0 Å². The quantitative estimate of drug-likeness (QED) is 0.371. The third-order valence-electron chi connectivity index (χ3n) is 4.63. The van der Waals surface area contributed by atoms with Crippen molar-refractivity contribution >= 4 is 0 Å². The van der Waals surface area contributed by atoms with Crippen molar-refractivity contribution in [3.8, 4) is 0 Å². The molecular formula is C13H10F16. The zero-order valence-electron chi connectivity index (χ0n) is 13.5. The normalized spacial score (nSPS) is 21.9. The molecule has 2 unspecified atom stereocenters. The Morgan fingerprint density at radius 3 is 1.17 bits per heavy atom. The van der Waals surface area contributed by atoms with E-state index in [1.165, 1.54) is 0 Å². The predicted molar refractivity (Wildman–Crippen MR) is 62.6 cm³/mol. The average molecular weight is 470 g/mol. The SMILES string of the molecule is FC(C(F)(F)F)C(F)(C1CCCC1)C(F)(F)C(F)(F)C(F)(F)C(F)(F)C(F)(F)F. The third kappa shape index (κ3) is 3.51. The van der Waals surface area contributed by atoms with E-state index in [1.54, 1.807) is 0 Å². The van der Waals surface area contributed by atoms with E-state index in [0.717, 1.165) is 0 Å². The van der Waals surface area contributed by atoms with Crippen LogP contribution in [0.15, 0.2) is 0 Å². The molecule has 16 heteroatoms. The van der Waals surface area contributed by atoms with Gasteiger partial charge in [-0.1, -0.05) is 12.8 Å². The van der Waals surface area contributed by atoms with E-state index in [4.69, 9.17) is 0 Å². The Bertz CT molecular complexity index is 581. The van der Waals surface area contributed by atoms with Gasteiger partial charge in [-0.2, -0.15) is 61.5 Å². The van der Waals surface area contributed by atoms with Crippen LogP contribution >= 0.6 is 0 Å². The fourth-order valence-electron chi connectivity index (χ4n) is 3.02. The van der Waals surface area contributed by atoms with Gasteiger partial charge in [0.05, 0.1) is 0 Å². The third-order valence-corrected chi connectivity index (χ3v) is 4.63. The van der Waals surface area contributed by atoms with Gasteiger partial charge in [-0.15, -0.1) is 0 Å². The van der Waals surface area contributed by atoms with E-state index in [9.17, 15) is 70.2 Å². The second kappa shape index (κ2) is 6.95. The molecule has 1 aliphatic carbocycles. The molecule has 0 bridgehead atoms. The molecule has 29 heavy (non-hydrogen) atoms. The van der Waals surface area contributed by atoms with Crippen LogP contribution in [0.5, 0.6) is 0 Å². The second-order valence-corrected chi connectivity index (χ2v) is 6.45. The molecule has 0 aromatic heterocycles. The molecule has 1 rings (SSSR count). The predicted octanol–water partition coefficient (Wildman–Crippen LogP) is 6.89. The molecule has 1 saturated carbocycles. The number of hydrogen-bond donors (Lipinski definition) is 0. The number of hydrogen-bond acceptors (Lipinski definition) is 0. The standard InChI is InChI=1S/C13H10F16/c14-6(8(16,17)18)7(15,5-3-1-2-4-5)9(19,20)10(21,22)11(23,24)12(25,26)13(27,28)29/h5-6H,1-4H2. The summed E-state index contributed by atoms with van der Waals surface area (Å²) in [7, 11) is 0. The molecule has 2 atom stereocenters. The molecule has 0 aromatic rings. The summed E-state index contributed by atoms with van der Waals surface area (Å²) < 4.78 is 210. The summed E-state index contributed by atoms with van der Waals surface area (Å²) in [4.78, 5) is 0. The fourth-order valence-corrected chi connectivity index (χ4v) is 3.02. The van der Waals surface area contributed by atoms with Crippen molar-refractivity contribution in [2.45, 2.75) is 73.6 Å². The summed E-state index contributed by atoms with van der Waals surface area (Å²) >= 11 is 0. The van der Waals surface area contributed by atoms with Crippen LogP contribution in [0.2, 0.25) is 0 Å². The van der Waals surface area contributed by atoms with Crippen molar-refractivity contribution in [3.05, 3.63) is 0 Å². The number of halogens is 16. The molecule has 0 aliphatic heterocycles. The van der Waals surface area contributed by atoms with Crippen molar-refractivity contribution in [1.29, 1.82) is 0 Å². The zero-order valence-corrected chi connectivity index (χ0v) is 13.5. The first-order valence-corrected chi connectivity index (χ1v) is 7.49. The van der Waals surface area contributed by atoms with E-state index < -0.39 is 79.5 Å². The van der Waals surface area contributed by atoms with Crippen LogP contribution in [0.3, 0.4) is 0 Å².